The first-order valence-electron chi connectivity index (χ1n) is 14.1. The molecule has 9 nitrogen and oxygen atoms in total. The van der Waals surface area contributed by atoms with E-state index >= 15 is 0 Å². The van der Waals surface area contributed by atoms with Gasteiger partial charge in [0.2, 0.25) is 0 Å². The van der Waals surface area contributed by atoms with Gasteiger partial charge in [-0.25, -0.2) is 0 Å². The number of aliphatic hydroxyl groups excluding tert-OH is 1. The zero-order chi connectivity index (χ0) is 28.5. The fourth-order valence-corrected chi connectivity index (χ4v) is 4.64. The summed E-state index contributed by atoms with van der Waals surface area (Å²) < 4.78 is 31.2. The summed E-state index contributed by atoms with van der Waals surface area (Å²) in [7, 11) is 0. The molecule has 1 aliphatic rings. The van der Waals surface area contributed by atoms with E-state index in [9.17, 15) is 5.11 Å². The molecule has 0 amide bonds. The van der Waals surface area contributed by atoms with Crippen LogP contribution in [0.5, 0.6) is 0 Å². The van der Waals surface area contributed by atoms with E-state index in [1.807, 2.05) is 91.0 Å². The lowest BCUT2D eigenvalue weighted by Crippen LogP contribution is -2.61. The van der Waals surface area contributed by atoms with Gasteiger partial charge in [0.25, 0.3) is 0 Å². The Kier molecular flexibility index (Phi) is 13.1. The minimum Gasteiger partial charge on any atom is -0.387 e. The molecule has 3 aromatic rings. The van der Waals surface area contributed by atoms with Gasteiger partial charge in [0.05, 0.1) is 26.4 Å². The van der Waals surface area contributed by atoms with Gasteiger partial charge in [-0.15, -0.1) is 0 Å². The second-order valence-corrected chi connectivity index (χ2v) is 9.94. The molecule has 0 saturated carbocycles. The van der Waals surface area contributed by atoms with Crippen LogP contribution in [0.4, 0.5) is 0 Å². The molecular formula is C32H39N3O6. The van der Waals surface area contributed by atoms with Crippen molar-refractivity contribution in [3.05, 3.63) is 118 Å². The number of nitrogens with zero attached hydrogens (tertiary/aromatic N) is 3. The van der Waals surface area contributed by atoms with Crippen molar-refractivity contribution in [2.75, 3.05) is 19.8 Å². The van der Waals surface area contributed by atoms with E-state index < -0.39 is 30.7 Å². The van der Waals surface area contributed by atoms with E-state index in [0.717, 1.165) is 36.0 Å². The zero-order valence-corrected chi connectivity index (χ0v) is 23.2. The Labute approximate surface area is 241 Å². The molecule has 1 fully saturated rings. The van der Waals surface area contributed by atoms with Crippen LogP contribution in [-0.4, -0.2) is 55.6 Å². The monoisotopic (exact) mass is 561 g/mol. The van der Waals surface area contributed by atoms with Crippen LogP contribution in [-0.2, 0) is 43.5 Å². The largest absolute Gasteiger partial charge is 0.387 e. The molecule has 1 aliphatic heterocycles. The Bertz CT molecular complexity index is 1160. The minimum atomic E-state index is -1.00. The predicted octanol–water partition coefficient (Wildman–Crippen LogP) is 5.96. The Morgan fingerprint density at radius 3 is 1.85 bits per heavy atom. The Morgan fingerprint density at radius 1 is 0.707 bits per heavy atom. The maximum Gasteiger partial charge on any atom is 0.186 e. The van der Waals surface area contributed by atoms with Crippen LogP contribution in [0.15, 0.2) is 96.1 Å². The molecule has 4 rings (SSSR count). The van der Waals surface area contributed by atoms with Crippen molar-refractivity contribution >= 4 is 0 Å². The van der Waals surface area contributed by atoms with Gasteiger partial charge in [-0.3, -0.25) is 0 Å². The summed E-state index contributed by atoms with van der Waals surface area (Å²) in [5, 5.41) is 15.1. The van der Waals surface area contributed by atoms with E-state index in [4.69, 9.17) is 29.2 Å². The molecule has 1 saturated heterocycles. The molecule has 0 bridgehead atoms. The lowest BCUT2D eigenvalue weighted by atomic mass is 9.98. The molecule has 1 heterocycles. The molecule has 218 valence electrons. The first-order valence-corrected chi connectivity index (χ1v) is 14.1. The average molecular weight is 562 g/mol. The van der Waals surface area contributed by atoms with Crippen LogP contribution in [0.3, 0.4) is 0 Å². The number of hydrogen-bond acceptors (Lipinski definition) is 7. The highest BCUT2D eigenvalue weighted by Crippen LogP contribution is 2.29. The lowest BCUT2D eigenvalue weighted by Gasteiger charge is -2.44. The molecule has 0 spiro atoms. The average Bonchev–Trinajstić information content (AvgIpc) is 3.02. The molecule has 1 N–H and O–H groups in total. The van der Waals surface area contributed by atoms with Gasteiger partial charge in [-0.2, -0.15) is 0 Å². The summed E-state index contributed by atoms with van der Waals surface area (Å²) >= 11 is 0. The maximum atomic E-state index is 11.5. The van der Waals surface area contributed by atoms with E-state index in [1.165, 1.54) is 0 Å². The Morgan fingerprint density at radius 2 is 1.27 bits per heavy atom. The van der Waals surface area contributed by atoms with Gasteiger partial charge in [0, 0.05) is 18.1 Å². The van der Waals surface area contributed by atoms with Crippen molar-refractivity contribution in [3.8, 4) is 0 Å². The topological polar surface area (TPSA) is 115 Å². The third-order valence-electron chi connectivity index (χ3n) is 6.83. The number of azide groups is 1. The smallest absolute Gasteiger partial charge is 0.186 e. The predicted molar refractivity (Wildman–Crippen MR) is 155 cm³/mol. The highest BCUT2D eigenvalue weighted by Gasteiger charge is 2.47. The molecule has 0 unspecified atom stereocenters. The highest BCUT2D eigenvalue weighted by atomic mass is 16.7. The standard InChI is InChI=1S/C32H39N3O6/c33-35-34-19-11-4-12-20-38-32-31(40-23-27-17-9-3-10-18-27)30(39-22-26-15-7-2-8-16-26)29(36)28(41-32)24-37-21-25-13-5-1-6-14-25/h1-3,5-10,13-18,28-32,36H,4,11-12,19-24H2/t28-,29+,30+,31-,32+/m1/s1. The maximum absolute atomic E-state index is 11.5. The van der Waals surface area contributed by atoms with Crippen LogP contribution in [0.1, 0.15) is 36.0 Å². The van der Waals surface area contributed by atoms with Crippen molar-refractivity contribution in [2.45, 2.75) is 69.8 Å². The third-order valence-corrected chi connectivity index (χ3v) is 6.83. The van der Waals surface area contributed by atoms with Gasteiger partial charge in [0.15, 0.2) is 6.29 Å². The number of hydrogen-bond donors (Lipinski definition) is 1. The molecule has 5 atom stereocenters. The van der Waals surface area contributed by atoms with Crippen molar-refractivity contribution in [1.82, 2.24) is 0 Å². The number of unbranched alkanes of at least 4 members (excludes halogenated alkanes) is 2. The molecule has 0 aromatic heterocycles. The summed E-state index contributed by atoms with van der Waals surface area (Å²) in [6, 6.07) is 29.5. The van der Waals surface area contributed by atoms with Gasteiger partial charge in [0.1, 0.15) is 24.4 Å². The zero-order valence-electron chi connectivity index (χ0n) is 23.2. The van der Waals surface area contributed by atoms with E-state index in [0.29, 0.717) is 33.0 Å². The number of benzene rings is 3. The van der Waals surface area contributed by atoms with Crippen molar-refractivity contribution in [3.63, 3.8) is 0 Å². The molecule has 41 heavy (non-hydrogen) atoms. The number of aliphatic hydroxyl groups is 1. The van der Waals surface area contributed by atoms with Crippen LogP contribution in [0.25, 0.3) is 10.4 Å². The van der Waals surface area contributed by atoms with E-state index in [-0.39, 0.29) is 6.61 Å². The first kappa shape index (κ1) is 30.7. The molecule has 3 aromatic carbocycles. The van der Waals surface area contributed by atoms with Crippen molar-refractivity contribution in [2.24, 2.45) is 5.11 Å². The normalized spacial score (nSPS) is 22.2. The Hall–Kier alpha value is -3.27. The summed E-state index contributed by atoms with van der Waals surface area (Å²) in [5.41, 5.74) is 11.5. The minimum absolute atomic E-state index is 0.165. The lowest BCUT2D eigenvalue weighted by molar-refractivity contribution is -0.321. The van der Waals surface area contributed by atoms with Crippen LogP contribution >= 0.6 is 0 Å². The highest BCUT2D eigenvalue weighted by molar-refractivity contribution is 5.15. The quantitative estimate of drug-likeness (QED) is 0.0942. The number of ether oxygens (including phenoxy) is 5. The summed E-state index contributed by atoms with van der Waals surface area (Å²) in [4.78, 5) is 2.80. The second kappa shape index (κ2) is 17.5. The fraction of sp³-hybridized carbons (Fsp3) is 0.438. The van der Waals surface area contributed by atoms with Crippen molar-refractivity contribution < 1.29 is 28.8 Å². The van der Waals surface area contributed by atoms with Crippen LogP contribution in [0.2, 0.25) is 0 Å². The molecule has 0 radical (unpaired) electrons. The first-order chi connectivity index (χ1) is 20.2. The molecular weight excluding hydrogens is 522 g/mol. The summed E-state index contributed by atoms with van der Waals surface area (Å²) in [6.07, 6.45) is -1.45. The van der Waals surface area contributed by atoms with Crippen molar-refractivity contribution in [1.29, 1.82) is 0 Å². The molecule has 9 heteroatoms. The van der Waals surface area contributed by atoms with Gasteiger partial charge >= 0.3 is 0 Å². The summed E-state index contributed by atoms with van der Waals surface area (Å²) in [6.45, 7) is 2.06. The Balaban J connectivity index is 1.46. The second-order valence-electron chi connectivity index (χ2n) is 9.94. The number of rotatable bonds is 17. The summed E-state index contributed by atoms with van der Waals surface area (Å²) in [5.74, 6) is 0. The molecule has 0 aliphatic carbocycles. The van der Waals surface area contributed by atoms with E-state index in [1.54, 1.807) is 0 Å². The van der Waals surface area contributed by atoms with Gasteiger partial charge in [-0.05, 0) is 35.1 Å². The third kappa shape index (κ3) is 10.3. The van der Waals surface area contributed by atoms with Crippen LogP contribution in [0, 0.1) is 0 Å². The van der Waals surface area contributed by atoms with Gasteiger partial charge in [-0.1, -0.05) is 103 Å². The van der Waals surface area contributed by atoms with E-state index in [2.05, 4.69) is 10.0 Å². The van der Waals surface area contributed by atoms with Gasteiger partial charge < -0.3 is 28.8 Å². The van der Waals surface area contributed by atoms with Crippen LogP contribution < -0.4 is 0 Å². The SMILES string of the molecule is [N-]=[N+]=NCCCCCO[C@H]1O[C@H](COCc2ccccc2)[C@H](O)[C@H](OCc2ccccc2)[C@H]1OCc1ccccc1. The fourth-order valence-electron chi connectivity index (χ4n) is 4.64.